The minimum Gasteiger partial charge on any atom is -0.326 e. The van der Waals surface area contributed by atoms with Gasteiger partial charge in [-0.3, -0.25) is 14.5 Å². The summed E-state index contributed by atoms with van der Waals surface area (Å²) >= 11 is 0. The maximum Gasteiger partial charge on any atom is 0.224 e. The van der Waals surface area contributed by atoms with Gasteiger partial charge in [-0.2, -0.15) is 0 Å². The average Bonchev–Trinajstić information content (AvgIpc) is 2.68. The van der Waals surface area contributed by atoms with E-state index in [4.69, 9.17) is 0 Å². The van der Waals surface area contributed by atoms with Gasteiger partial charge in [-0.1, -0.05) is 49.4 Å². The second kappa shape index (κ2) is 9.47. The van der Waals surface area contributed by atoms with Crippen molar-refractivity contribution in [3.05, 3.63) is 65.7 Å². The number of nitrogens with zero attached hydrogens (tertiary/aromatic N) is 1. The number of amides is 1. The van der Waals surface area contributed by atoms with E-state index in [9.17, 15) is 9.59 Å². The van der Waals surface area contributed by atoms with Crippen molar-refractivity contribution >= 4 is 17.4 Å². The molecular formula is C23H28N2O2. The van der Waals surface area contributed by atoms with Crippen LogP contribution in [0.3, 0.4) is 0 Å². The fourth-order valence-corrected chi connectivity index (χ4v) is 3.60. The summed E-state index contributed by atoms with van der Waals surface area (Å²) in [6.07, 6.45) is 3.02. The van der Waals surface area contributed by atoms with Gasteiger partial charge in [0.25, 0.3) is 0 Å². The van der Waals surface area contributed by atoms with Crippen LogP contribution in [0, 0.1) is 5.92 Å². The van der Waals surface area contributed by atoms with Crippen molar-refractivity contribution in [2.75, 3.05) is 18.4 Å². The molecule has 0 unspecified atom stereocenters. The number of ketones is 1. The Bertz CT molecular complexity index is 756. The Labute approximate surface area is 161 Å². The van der Waals surface area contributed by atoms with Crippen LogP contribution in [0.4, 0.5) is 5.69 Å². The second-order valence-electron chi connectivity index (χ2n) is 7.52. The zero-order valence-electron chi connectivity index (χ0n) is 16.0. The predicted molar refractivity (Wildman–Crippen MR) is 109 cm³/mol. The van der Waals surface area contributed by atoms with E-state index in [2.05, 4.69) is 29.3 Å². The molecule has 2 aromatic carbocycles. The average molecular weight is 364 g/mol. The summed E-state index contributed by atoms with van der Waals surface area (Å²) in [5.41, 5.74) is 2.70. The molecule has 1 atom stereocenters. The van der Waals surface area contributed by atoms with E-state index < -0.39 is 0 Å². The van der Waals surface area contributed by atoms with Crippen LogP contribution in [0.15, 0.2) is 54.6 Å². The summed E-state index contributed by atoms with van der Waals surface area (Å²) in [5, 5.41) is 2.88. The van der Waals surface area contributed by atoms with Crippen molar-refractivity contribution in [1.29, 1.82) is 0 Å². The summed E-state index contributed by atoms with van der Waals surface area (Å²) in [6.45, 7) is 5.60. The van der Waals surface area contributed by atoms with Crippen LogP contribution in [0.5, 0.6) is 0 Å². The van der Waals surface area contributed by atoms with Gasteiger partial charge >= 0.3 is 0 Å². The molecule has 1 amide bonds. The molecule has 1 aliphatic heterocycles. The number of carbonyl (C=O) groups is 2. The molecule has 1 saturated heterocycles. The maximum absolute atomic E-state index is 12.1. The molecule has 4 heteroatoms. The molecule has 4 nitrogen and oxygen atoms in total. The van der Waals surface area contributed by atoms with Crippen LogP contribution in [0.1, 0.15) is 48.5 Å². The molecule has 0 bridgehead atoms. The summed E-state index contributed by atoms with van der Waals surface area (Å²) in [5.74, 6) is 0.643. The number of anilines is 1. The van der Waals surface area contributed by atoms with Crippen molar-refractivity contribution in [2.24, 2.45) is 5.92 Å². The number of carbonyl (C=O) groups excluding carboxylic acids is 2. The fraction of sp³-hybridized carbons (Fsp3) is 0.391. The van der Waals surface area contributed by atoms with E-state index in [1.807, 2.05) is 30.3 Å². The third kappa shape index (κ3) is 6.04. The monoisotopic (exact) mass is 364 g/mol. The minimum absolute atomic E-state index is 0.00291. The molecule has 0 spiro atoms. The van der Waals surface area contributed by atoms with Gasteiger partial charge in [-0.25, -0.2) is 0 Å². The SMILES string of the molecule is C[C@@H]1CCCN(Cc2ccc(NC(=O)CCC(=O)c3ccccc3)cc2)C1. The number of benzene rings is 2. The largest absolute Gasteiger partial charge is 0.326 e. The first-order chi connectivity index (χ1) is 13.1. The van der Waals surface area contributed by atoms with Crippen molar-refractivity contribution in [2.45, 2.75) is 39.2 Å². The Morgan fingerprint density at radius 1 is 1.04 bits per heavy atom. The van der Waals surface area contributed by atoms with Crippen molar-refractivity contribution in [3.63, 3.8) is 0 Å². The van der Waals surface area contributed by atoms with Gasteiger partial charge in [0.15, 0.2) is 5.78 Å². The molecule has 0 aliphatic carbocycles. The number of rotatable bonds is 7. The first kappa shape index (κ1) is 19.3. The smallest absolute Gasteiger partial charge is 0.224 e. The Morgan fingerprint density at radius 3 is 2.48 bits per heavy atom. The van der Waals surface area contributed by atoms with Crippen LogP contribution >= 0.6 is 0 Å². The Balaban J connectivity index is 1.45. The van der Waals surface area contributed by atoms with Gasteiger partial charge in [-0.05, 0) is 43.0 Å². The minimum atomic E-state index is -0.128. The number of nitrogens with one attached hydrogen (secondary N) is 1. The summed E-state index contributed by atoms with van der Waals surface area (Å²) in [7, 11) is 0. The molecule has 0 radical (unpaired) electrons. The first-order valence-corrected chi connectivity index (χ1v) is 9.79. The fourth-order valence-electron chi connectivity index (χ4n) is 3.60. The standard InChI is InChI=1S/C23H28N2O2/c1-18-6-5-15-25(16-18)17-19-9-11-21(12-10-19)24-23(27)14-13-22(26)20-7-3-2-4-8-20/h2-4,7-12,18H,5-6,13-17H2,1H3,(H,24,27)/t18-/m1/s1. The van der Waals surface area contributed by atoms with E-state index in [1.165, 1.54) is 18.4 Å². The number of hydrogen-bond donors (Lipinski definition) is 1. The summed E-state index contributed by atoms with van der Waals surface area (Å²) in [6, 6.07) is 17.1. The molecule has 0 saturated carbocycles. The lowest BCUT2D eigenvalue weighted by Gasteiger charge is -2.30. The van der Waals surface area contributed by atoms with Crippen LogP contribution in [0.25, 0.3) is 0 Å². The van der Waals surface area contributed by atoms with E-state index in [0.717, 1.165) is 31.2 Å². The van der Waals surface area contributed by atoms with E-state index in [-0.39, 0.29) is 24.5 Å². The van der Waals surface area contributed by atoms with Crippen LogP contribution in [-0.2, 0) is 11.3 Å². The Morgan fingerprint density at radius 2 is 1.78 bits per heavy atom. The number of hydrogen-bond acceptors (Lipinski definition) is 3. The van der Waals surface area contributed by atoms with Gasteiger partial charge < -0.3 is 5.32 Å². The topological polar surface area (TPSA) is 49.4 Å². The Hall–Kier alpha value is -2.46. The highest BCUT2D eigenvalue weighted by Gasteiger charge is 2.16. The molecule has 1 N–H and O–H groups in total. The number of piperidine rings is 1. The van der Waals surface area contributed by atoms with Gasteiger partial charge in [0.1, 0.15) is 0 Å². The lowest BCUT2D eigenvalue weighted by atomic mass is 10.00. The zero-order chi connectivity index (χ0) is 19.1. The molecular weight excluding hydrogens is 336 g/mol. The normalized spacial score (nSPS) is 17.4. The van der Waals surface area contributed by atoms with E-state index >= 15 is 0 Å². The number of likely N-dealkylation sites (tertiary alicyclic amines) is 1. The molecule has 2 aromatic rings. The molecule has 1 heterocycles. The van der Waals surface area contributed by atoms with Gasteiger partial charge in [-0.15, -0.1) is 0 Å². The lowest BCUT2D eigenvalue weighted by Crippen LogP contribution is -2.33. The highest BCUT2D eigenvalue weighted by atomic mass is 16.2. The summed E-state index contributed by atoms with van der Waals surface area (Å²) in [4.78, 5) is 26.7. The van der Waals surface area contributed by atoms with Crippen molar-refractivity contribution in [1.82, 2.24) is 4.90 Å². The molecule has 27 heavy (non-hydrogen) atoms. The molecule has 1 aliphatic rings. The maximum atomic E-state index is 12.1. The predicted octanol–water partition coefficient (Wildman–Crippen LogP) is 4.52. The molecule has 0 aromatic heterocycles. The Kier molecular flexibility index (Phi) is 6.77. The highest BCUT2D eigenvalue weighted by Crippen LogP contribution is 2.19. The van der Waals surface area contributed by atoms with Crippen LogP contribution in [-0.4, -0.2) is 29.7 Å². The number of Topliss-reactive ketones (excluding diaryl/α,β-unsaturated/α-hetero) is 1. The highest BCUT2D eigenvalue weighted by molar-refractivity contribution is 5.99. The zero-order valence-corrected chi connectivity index (χ0v) is 16.0. The van der Waals surface area contributed by atoms with Crippen molar-refractivity contribution < 1.29 is 9.59 Å². The third-order valence-electron chi connectivity index (χ3n) is 5.06. The second-order valence-corrected chi connectivity index (χ2v) is 7.52. The summed E-state index contributed by atoms with van der Waals surface area (Å²) < 4.78 is 0. The van der Waals surface area contributed by atoms with Gasteiger partial charge in [0.2, 0.25) is 5.91 Å². The van der Waals surface area contributed by atoms with E-state index in [0.29, 0.717) is 5.56 Å². The molecule has 3 rings (SSSR count). The quantitative estimate of drug-likeness (QED) is 0.735. The lowest BCUT2D eigenvalue weighted by molar-refractivity contribution is -0.116. The first-order valence-electron chi connectivity index (χ1n) is 9.79. The molecule has 1 fully saturated rings. The van der Waals surface area contributed by atoms with Gasteiger partial charge in [0.05, 0.1) is 0 Å². The van der Waals surface area contributed by atoms with Crippen LogP contribution < -0.4 is 5.32 Å². The van der Waals surface area contributed by atoms with Crippen molar-refractivity contribution in [3.8, 4) is 0 Å². The van der Waals surface area contributed by atoms with E-state index in [1.54, 1.807) is 12.1 Å². The molecule has 142 valence electrons. The van der Waals surface area contributed by atoms with Gasteiger partial charge in [0, 0.05) is 37.2 Å². The third-order valence-corrected chi connectivity index (χ3v) is 5.06. The van der Waals surface area contributed by atoms with Crippen LogP contribution in [0.2, 0.25) is 0 Å².